The Kier molecular flexibility index (Phi) is 4.52. The third kappa shape index (κ3) is 3.38. The SMILES string of the molecule is O=Cc1cccc2c1ccn2Cc1ccc(OCc2ccccc2)cc1. The molecule has 0 spiro atoms. The van der Waals surface area contributed by atoms with Crippen LogP contribution in [0.3, 0.4) is 0 Å². The van der Waals surface area contributed by atoms with Crippen LogP contribution in [0.5, 0.6) is 5.75 Å². The average molecular weight is 341 g/mol. The second-order valence-corrected chi connectivity index (χ2v) is 6.26. The smallest absolute Gasteiger partial charge is 0.150 e. The molecule has 4 rings (SSSR count). The highest BCUT2D eigenvalue weighted by Crippen LogP contribution is 2.21. The zero-order valence-electron chi connectivity index (χ0n) is 14.3. The van der Waals surface area contributed by atoms with Gasteiger partial charge in [0.15, 0.2) is 6.29 Å². The Balaban J connectivity index is 1.47. The quantitative estimate of drug-likeness (QED) is 0.458. The molecule has 26 heavy (non-hydrogen) atoms. The highest BCUT2D eigenvalue weighted by Gasteiger charge is 2.05. The number of ether oxygens (including phenoxy) is 1. The molecule has 3 heteroatoms. The van der Waals surface area contributed by atoms with E-state index in [4.69, 9.17) is 4.74 Å². The van der Waals surface area contributed by atoms with Gasteiger partial charge in [-0.25, -0.2) is 0 Å². The van der Waals surface area contributed by atoms with Crippen molar-refractivity contribution in [3.63, 3.8) is 0 Å². The van der Waals surface area contributed by atoms with Crippen LogP contribution in [0.15, 0.2) is 85.1 Å². The molecule has 128 valence electrons. The Morgan fingerprint density at radius 1 is 0.808 bits per heavy atom. The molecule has 1 heterocycles. The molecule has 4 aromatic rings. The molecular formula is C23H19NO2. The van der Waals surface area contributed by atoms with Crippen molar-refractivity contribution in [2.75, 3.05) is 0 Å². The first-order valence-electron chi connectivity index (χ1n) is 8.62. The van der Waals surface area contributed by atoms with Gasteiger partial charge in [0.05, 0.1) is 0 Å². The van der Waals surface area contributed by atoms with E-state index in [0.717, 1.165) is 40.6 Å². The van der Waals surface area contributed by atoms with E-state index < -0.39 is 0 Å². The normalized spacial score (nSPS) is 10.8. The first kappa shape index (κ1) is 16.2. The van der Waals surface area contributed by atoms with E-state index >= 15 is 0 Å². The topological polar surface area (TPSA) is 31.2 Å². The molecule has 0 aliphatic carbocycles. The van der Waals surface area contributed by atoms with Crippen LogP contribution < -0.4 is 4.74 Å². The van der Waals surface area contributed by atoms with Crippen LogP contribution in [0, 0.1) is 0 Å². The Morgan fingerprint density at radius 3 is 2.38 bits per heavy atom. The summed E-state index contributed by atoms with van der Waals surface area (Å²) in [4.78, 5) is 11.2. The van der Waals surface area contributed by atoms with E-state index in [-0.39, 0.29) is 0 Å². The number of carbonyl (C=O) groups excluding carboxylic acids is 1. The third-order valence-electron chi connectivity index (χ3n) is 4.50. The van der Waals surface area contributed by atoms with Gasteiger partial charge in [-0.05, 0) is 35.4 Å². The lowest BCUT2D eigenvalue weighted by Crippen LogP contribution is -1.99. The molecule has 0 bridgehead atoms. The summed E-state index contributed by atoms with van der Waals surface area (Å²) in [6.07, 6.45) is 2.93. The second kappa shape index (κ2) is 7.28. The fraction of sp³-hybridized carbons (Fsp3) is 0.0870. The molecule has 0 N–H and O–H groups in total. The van der Waals surface area contributed by atoms with Crippen molar-refractivity contribution in [1.82, 2.24) is 4.57 Å². The van der Waals surface area contributed by atoms with Gasteiger partial charge in [-0.1, -0.05) is 54.6 Å². The van der Waals surface area contributed by atoms with Crippen LogP contribution in [0.1, 0.15) is 21.5 Å². The van der Waals surface area contributed by atoms with Crippen LogP contribution in [-0.2, 0) is 13.2 Å². The molecule has 0 unspecified atom stereocenters. The summed E-state index contributed by atoms with van der Waals surface area (Å²) >= 11 is 0. The minimum atomic E-state index is 0.566. The summed E-state index contributed by atoms with van der Waals surface area (Å²) < 4.78 is 7.99. The molecule has 0 atom stereocenters. The molecule has 0 radical (unpaired) electrons. The zero-order valence-corrected chi connectivity index (χ0v) is 14.3. The van der Waals surface area contributed by atoms with Gasteiger partial charge in [0.25, 0.3) is 0 Å². The van der Waals surface area contributed by atoms with Gasteiger partial charge in [0, 0.05) is 29.2 Å². The third-order valence-corrected chi connectivity index (χ3v) is 4.50. The van der Waals surface area contributed by atoms with E-state index in [2.05, 4.69) is 28.8 Å². The molecular weight excluding hydrogens is 322 g/mol. The summed E-state index contributed by atoms with van der Waals surface area (Å²) in [5.74, 6) is 0.859. The minimum absolute atomic E-state index is 0.566. The average Bonchev–Trinajstić information content (AvgIpc) is 3.11. The van der Waals surface area contributed by atoms with E-state index in [9.17, 15) is 4.79 Å². The molecule has 0 amide bonds. The number of benzene rings is 3. The molecule has 0 aliphatic heterocycles. The molecule has 0 saturated heterocycles. The second-order valence-electron chi connectivity index (χ2n) is 6.26. The fourth-order valence-corrected chi connectivity index (χ4v) is 3.12. The van der Waals surface area contributed by atoms with Gasteiger partial charge in [0.1, 0.15) is 12.4 Å². The highest BCUT2D eigenvalue weighted by atomic mass is 16.5. The largest absolute Gasteiger partial charge is 0.489 e. The molecule has 0 fully saturated rings. The summed E-state index contributed by atoms with van der Waals surface area (Å²) in [5.41, 5.74) is 4.14. The maximum absolute atomic E-state index is 11.2. The Labute approximate surface area is 152 Å². The predicted molar refractivity (Wildman–Crippen MR) is 104 cm³/mol. The van der Waals surface area contributed by atoms with E-state index in [0.29, 0.717) is 6.61 Å². The molecule has 3 nitrogen and oxygen atoms in total. The number of nitrogens with zero attached hydrogens (tertiary/aromatic N) is 1. The van der Waals surface area contributed by atoms with Crippen LogP contribution in [-0.4, -0.2) is 10.9 Å². The maximum Gasteiger partial charge on any atom is 0.150 e. The number of hydrogen-bond donors (Lipinski definition) is 0. The standard InChI is InChI=1S/C23H19NO2/c25-16-20-7-4-8-23-22(20)13-14-24(23)15-18-9-11-21(12-10-18)26-17-19-5-2-1-3-6-19/h1-14,16H,15,17H2. The van der Waals surface area contributed by atoms with Gasteiger partial charge in [0.2, 0.25) is 0 Å². The Morgan fingerprint density at radius 2 is 1.62 bits per heavy atom. The van der Waals surface area contributed by atoms with Crippen molar-refractivity contribution in [2.24, 2.45) is 0 Å². The van der Waals surface area contributed by atoms with Gasteiger partial charge in [-0.2, -0.15) is 0 Å². The van der Waals surface area contributed by atoms with Crippen LogP contribution in [0.25, 0.3) is 10.9 Å². The molecule has 0 aliphatic rings. The lowest BCUT2D eigenvalue weighted by Gasteiger charge is -2.09. The van der Waals surface area contributed by atoms with Crippen molar-refractivity contribution >= 4 is 17.2 Å². The number of carbonyl (C=O) groups is 1. The molecule has 3 aromatic carbocycles. The first-order valence-corrected chi connectivity index (χ1v) is 8.62. The predicted octanol–water partition coefficient (Wildman–Crippen LogP) is 5.08. The Bertz CT molecular complexity index is 1020. The number of fused-ring (bicyclic) bond motifs is 1. The fourth-order valence-electron chi connectivity index (χ4n) is 3.12. The van der Waals surface area contributed by atoms with Crippen LogP contribution in [0.2, 0.25) is 0 Å². The summed E-state index contributed by atoms with van der Waals surface area (Å²) in [6, 6.07) is 26.1. The van der Waals surface area contributed by atoms with Crippen molar-refractivity contribution < 1.29 is 9.53 Å². The van der Waals surface area contributed by atoms with Crippen molar-refractivity contribution in [2.45, 2.75) is 13.2 Å². The lowest BCUT2D eigenvalue weighted by atomic mass is 10.1. The monoisotopic (exact) mass is 341 g/mol. The van der Waals surface area contributed by atoms with Crippen LogP contribution in [0.4, 0.5) is 0 Å². The first-order chi connectivity index (χ1) is 12.8. The maximum atomic E-state index is 11.2. The number of hydrogen-bond acceptors (Lipinski definition) is 2. The summed E-state index contributed by atoms with van der Waals surface area (Å²) in [5, 5.41) is 0.991. The van der Waals surface area contributed by atoms with Gasteiger partial charge in [-0.3, -0.25) is 4.79 Å². The zero-order chi connectivity index (χ0) is 17.8. The number of aromatic nitrogens is 1. The minimum Gasteiger partial charge on any atom is -0.489 e. The summed E-state index contributed by atoms with van der Waals surface area (Å²) in [7, 11) is 0. The summed E-state index contributed by atoms with van der Waals surface area (Å²) in [6.45, 7) is 1.32. The Hall–Kier alpha value is -3.33. The lowest BCUT2D eigenvalue weighted by molar-refractivity contribution is 0.112. The van der Waals surface area contributed by atoms with E-state index in [1.807, 2.05) is 60.8 Å². The van der Waals surface area contributed by atoms with Crippen molar-refractivity contribution in [3.05, 3.63) is 102 Å². The molecule has 1 aromatic heterocycles. The van der Waals surface area contributed by atoms with E-state index in [1.165, 1.54) is 5.56 Å². The van der Waals surface area contributed by atoms with Crippen molar-refractivity contribution in [1.29, 1.82) is 0 Å². The van der Waals surface area contributed by atoms with Crippen LogP contribution >= 0.6 is 0 Å². The number of rotatable bonds is 6. The van der Waals surface area contributed by atoms with Gasteiger partial charge < -0.3 is 9.30 Å². The molecule has 0 saturated carbocycles. The van der Waals surface area contributed by atoms with Gasteiger partial charge in [-0.15, -0.1) is 0 Å². The van der Waals surface area contributed by atoms with E-state index in [1.54, 1.807) is 0 Å². The van der Waals surface area contributed by atoms with Gasteiger partial charge >= 0.3 is 0 Å². The van der Waals surface area contributed by atoms with Crippen molar-refractivity contribution in [3.8, 4) is 5.75 Å². The highest BCUT2D eigenvalue weighted by molar-refractivity contribution is 5.97. The number of aldehydes is 1.